The van der Waals surface area contributed by atoms with Crippen LogP contribution in [0.25, 0.3) is 0 Å². The molecule has 8 heteroatoms. The summed E-state index contributed by atoms with van der Waals surface area (Å²) in [5.74, 6) is 1.98. The van der Waals surface area contributed by atoms with Crippen molar-refractivity contribution < 1.29 is 13.9 Å². The van der Waals surface area contributed by atoms with Gasteiger partial charge in [0.25, 0.3) is 0 Å². The van der Waals surface area contributed by atoms with Crippen LogP contribution in [0.2, 0.25) is 0 Å². The van der Waals surface area contributed by atoms with Crippen molar-refractivity contribution in [3.63, 3.8) is 0 Å². The van der Waals surface area contributed by atoms with E-state index in [4.69, 9.17) is 9.15 Å². The first-order valence-electron chi connectivity index (χ1n) is 8.96. The number of ether oxygens (including phenoxy) is 1. The van der Waals surface area contributed by atoms with Crippen LogP contribution in [-0.4, -0.2) is 50.7 Å². The molecule has 26 heavy (non-hydrogen) atoms. The molecule has 0 radical (unpaired) electrons. The smallest absolute Gasteiger partial charge is 0.223 e. The van der Waals surface area contributed by atoms with E-state index in [0.29, 0.717) is 50.1 Å². The van der Waals surface area contributed by atoms with Crippen molar-refractivity contribution in [3.05, 3.63) is 35.1 Å². The number of carbonyl (C=O) groups is 1. The molecule has 0 saturated carbocycles. The first-order chi connectivity index (χ1) is 12.4. The molecule has 0 N–H and O–H groups in total. The lowest BCUT2D eigenvalue weighted by Gasteiger charge is -2.32. The van der Waals surface area contributed by atoms with Gasteiger partial charge >= 0.3 is 0 Å². The average Bonchev–Trinajstić information content (AvgIpc) is 3.08. The molecule has 0 spiro atoms. The first kappa shape index (κ1) is 18.4. The molecule has 1 fully saturated rings. The van der Waals surface area contributed by atoms with Crippen molar-refractivity contribution in [2.24, 2.45) is 0 Å². The van der Waals surface area contributed by atoms with Crippen LogP contribution in [0.1, 0.15) is 61.3 Å². The minimum Gasteiger partial charge on any atom is -0.425 e. The maximum Gasteiger partial charge on any atom is 0.223 e. The predicted molar refractivity (Wildman–Crippen MR) is 93.5 cm³/mol. The summed E-state index contributed by atoms with van der Waals surface area (Å²) in [6.45, 7) is 9.35. The Labute approximate surface area is 153 Å². The zero-order valence-electron chi connectivity index (χ0n) is 15.7. The van der Waals surface area contributed by atoms with E-state index in [1.54, 1.807) is 4.90 Å². The molecule has 1 amide bonds. The molecule has 140 valence electrons. The van der Waals surface area contributed by atoms with Gasteiger partial charge in [-0.3, -0.25) is 4.79 Å². The summed E-state index contributed by atoms with van der Waals surface area (Å²) in [5.41, 5.74) is 1.80. The van der Waals surface area contributed by atoms with Crippen LogP contribution in [-0.2, 0) is 16.0 Å². The van der Waals surface area contributed by atoms with Crippen LogP contribution in [0.5, 0.6) is 0 Å². The zero-order chi connectivity index (χ0) is 18.7. The number of aryl methyl sites for hydroxylation is 3. The molecular formula is C18H25N5O3. The van der Waals surface area contributed by atoms with E-state index in [0.717, 1.165) is 11.4 Å². The van der Waals surface area contributed by atoms with E-state index >= 15 is 0 Å². The number of amides is 1. The molecule has 8 nitrogen and oxygen atoms in total. The topological polar surface area (TPSA) is 94.2 Å². The van der Waals surface area contributed by atoms with Crippen LogP contribution >= 0.6 is 0 Å². The minimum absolute atomic E-state index is 0.0481. The average molecular weight is 359 g/mol. The van der Waals surface area contributed by atoms with Gasteiger partial charge in [0, 0.05) is 36.7 Å². The monoisotopic (exact) mass is 359 g/mol. The second-order valence-corrected chi connectivity index (χ2v) is 6.90. The Hall–Kier alpha value is -2.35. The summed E-state index contributed by atoms with van der Waals surface area (Å²) in [4.78, 5) is 23.3. The van der Waals surface area contributed by atoms with Crippen LogP contribution in [0.15, 0.2) is 10.5 Å². The third kappa shape index (κ3) is 4.43. The largest absolute Gasteiger partial charge is 0.425 e. The van der Waals surface area contributed by atoms with E-state index in [2.05, 4.69) is 20.2 Å². The number of hydrogen-bond donors (Lipinski definition) is 0. The number of hydrogen-bond acceptors (Lipinski definition) is 7. The van der Waals surface area contributed by atoms with Crippen molar-refractivity contribution >= 4 is 5.91 Å². The summed E-state index contributed by atoms with van der Waals surface area (Å²) in [6, 6.07) is 1.92. The fourth-order valence-corrected chi connectivity index (χ4v) is 2.90. The van der Waals surface area contributed by atoms with E-state index in [1.807, 2.05) is 33.8 Å². The van der Waals surface area contributed by atoms with Gasteiger partial charge in [0.1, 0.15) is 6.10 Å². The summed E-state index contributed by atoms with van der Waals surface area (Å²) in [7, 11) is 0. The van der Waals surface area contributed by atoms with Gasteiger partial charge in [0.15, 0.2) is 5.82 Å². The zero-order valence-corrected chi connectivity index (χ0v) is 15.7. The third-order valence-electron chi connectivity index (χ3n) is 4.24. The molecule has 3 rings (SSSR count). The Kier molecular flexibility index (Phi) is 5.61. The minimum atomic E-state index is -0.290. The molecule has 0 aliphatic carbocycles. The second-order valence-electron chi connectivity index (χ2n) is 6.90. The Balaban J connectivity index is 1.58. The lowest BCUT2D eigenvalue weighted by molar-refractivity contribution is -0.139. The Morgan fingerprint density at radius 3 is 2.65 bits per heavy atom. The number of carbonyl (C=O) groups excluding carboxylic acids is 1. The highest BCUT2D eigenvalue weighted by Gasteiger charge is 2.27. The maximum absolute atomic E-state index is 12.6. The fraction of sp³-hybridized carbons (Fsp3) is 0.611. The molecule has 1 atom stereocenters. The van der Waals surface area contributed by atoms with Crippen molar-refractivity contribution in [3.8, 4) is 0 Å². The Morgan fingerprint density at radius 2 is 2.00 bits per heavy atom. The highest BCUT2D eigenvalue weighted by molar-refractivity contribution is 5.76. The van der Waals surface area contributed by atoms with Crippen LogP contribution in [0.3, 0.4) is 0 Å². The summed E-state index contributed by atoms with van der Waals surface area (Å²) in [5, 5.41) is 8.00. The lowest BCUT2D eigenvalue weighted by Crippen LogP contribution is -2.42. The van der Waals surface area contributed by atoms with Gasteiger partial charge in [-0.1, -0.05) is 13.8 Å². The summed E-state index contributed by atoms with van der Waals surface area (Å²) in [6.07, 6.45) is 0.489. The summed E-state index contributed by atoms with van der Waals surface area (Å²) < 4.78 is 11.3. The molecule has 1 saturated heterocycles. The molecule has 1 aliphatic rings. The van der Waals surface area contributed by atoms with Crippen molar-refractivity contribution in [1.82, 2.24) is 25.1 Å². The molecular weight excluding hydrogens is 334 g/mol. The molecule has 2 aromatic rings. The number of morpholine rings is 1. The first-order valence-corrected chi connectivity index (χ1v) is 8.96. The van der Waals surface area contributed by atoms with E-state index in [1.165, 1.54) is 0 Å². The number of aromatic nitrogens is 4. The molecule has 0 unspecified atom stereocenters. The number of rotatable bonds is 5. The van der Waals surface area contributed by atoms with Crippen molar-refractivity contribution in [1.29, 1.82) is 0 Å². The highest BCUT2D eigenvalue weighted by Crippen LogP contribution is 2.21. The van der Waals surface area contributed by atoms with Crippen molar-refractivity contribution in [2.45, 2.75) is 52.6 Å². The molecule has 0 aromatic carbocycles. The van der Waals surface area contributed by atoms with E-state index < -0.39 is 0 Å². The molecule has 2 aromatic heterocycles. The van der Waals surface area contributed by atoms with E-state index in [9.17, 15) is 4.79 Å². The van der Waals surface area contributed by atoms with Gasteiger partial charge in [-0.25, -0.2) is 9.97 Å². The SMILES string of the molecule is Cc1cc(C)nc([C@@H]2CN(C(=O)CCc3nnc(C(C)C)o3)CCO2)n1. The normalized spacial score (nSPS) is 17.7. The predicted octanol–water partition coefficient (Wildman–Crippen LogP) is 2.13. The molecule has 0 bridgehead atoms. The van der Waals surface area contributed by atoms with Gasteiger partial charge in [0.2, 0.25) is 17.7 Å². The fourth-order valence-electron chi connectivity index (χ4n) is 2.90. The summed E-state index contributed by atoms with van der Waals surface area (Å²) >= 11 is 0. The van der Waals surface area contributed by atoms with Crippen LogP contribution in [0.4, 0.5) is 0 Å². The molecule has 1 aliphatic heterocycles. The van der Waals surface area contributed by atoms with Gasteiger partial charge in [-0.05, 0) is 19.9 Å². The number of nitrogens with zero attached hydrogens (tertiary/aromatic N) is 5. The van der Waals surface area contributed by atoms with Gasteiger partial charge in [-0.15, -0.1) is 10.2 Å². The van der Waals surface area contributed by atoms with Gasteiger partial charge in [0.05, 0.1) is 13.2 Å². The molecule has 3 heterocycles. The standard InChI is InChI=1S/C18H25N5O3/c1-11(2)18-22-21-15(26-18)5-6-16(24)23-7-8-25-14(10-23)17-19-12(3)9-13(4)20-17/h9,11,14H,5-8,10H2,1-4H3/t14-/m0/s1. The van der Waals surface area contributed by atoms with Crippen LogP contribution < -0.4 is 0 Å². The maximum atomic E-state index is 12.6. The van der Waals surface area contributed by atoms with Crippen molar-refractivity contribution in [2.75, 3.05) is 19.7 Å². The third-order valence-corrected chi connectivity index (χ3v) is 4.24. The van der Waals surface area contributed by atoms with E-state index in [-0.39, 0.29) is 17.9 Å². The second kappa shape index (κ2) is 7.90. The quantitative estimate of drug-likeness (QED) is 0.807. The van der Waals surface area contributed by atoms with Crippen LogP contribution in [0, 0.1) is 13.8 Å². The lowest BCUT2D eigenvalue weighted by atomic mass is 10.2. The Morgan fingerprint density at radius 1 is 1.27 bits per heavy atom. The van der Waals surface area contributed by atoms with Gasteiger partial charge < -0.3 is 14.1 Å². The highest BCUT2D eigenvalue weighted by atomic mass is 16.5. The Bertz CT molecular complexity index is 754. The van der Waals surface area contributed by atoms with Gasteiger partial charge in [-0.2, -0.15) is 0 Å².